The molecular formula is C23H27N5O. The molecule has 0 atom stereocenters. The molecule has 1 aliphatic heterocycles. The summed E-state index contributed by atoms with van der Waals surface area (Å²) >= 11 is 0. The second-order valence-electron chi connectivity index (χ2n) is 7.33. The highest BCUT2D eigenvalue weighted by Crippen LogP contribution is 2.23. The quantitative estimate of drug-likeness (QED) is 0.707. The molecule has 2 heterocycles. The molecule has 0 spiro atoms. The minimum Gasteiger partial charge on any atom is -0.497 e. The number of benzene rings is 2. The predicted molar refractivity (Wildman–Crippen MR) is 119 cm³/mol. The van der Waals surface area contributed by atoms with Gasteiger partial charge in [-0.1, -0.05) is 6.07 Å². The Bertz CT molecular complexity index is 965. The van der Waals surface area contributed by atoms with E-state index in [1.54, 1.807) is 7.11 Å². The Morgan fingerprint density at radius 2 is 1.59 bits per heavy atom. The fourth-order valence-corrected chi connectivity index (χ4v) is 3.52. The third kappa shape index (κ3) is 4.42. The Labute approximate surface area is 172 Å². The van der Waals surface area contributed by atoms with Crippen molar-refractivity contribution in [3.8, 4) is 5.75 Å². The lowest BCUT2D eigenvalue weighted by atomic mass is 10.1. The van der Waals surface area contributed by atoms with Gasteiger partial charge in [-0.05, 0) is 67.4 Å². The first-order chi connectivity index (χ1) is 14.1. The van der Waals surface area contributed by atoms with E-state index in [0.29, 0.717) is 5.95 Å². The van der Waals surface area contributed by atoms with Crippen LogP contribution in [-0.4, -0.2) is 43.3 Å². The highest BCUT2D eigenvalue weighted by Gasteiger charge is 2.19. The maximum Gasteiger partial charge on any atom is 0.229 e. The molecule has 6 nitrogen and oxygen atoms in total. The van der Waals surface area contributed by atoms with Crippen molar-refractivity contribution >= 4 is 23.1 Å². The van der Waals surface area contributed by atoms with E-state index in [4.69, 9.17) is 9.72 Å². The molecule has 0 radical (unpaired) electrons. The number of anilines is 4. The van der Waals surface area contributed by atoms with E-state index in [0.717, 1.165) is 43.4 Å². The van der Waals surface area contributed by atoms with Crippen LogP contribution in [0.1, 0.15) is 11.1 Å². The number of hydrogen-bond donors (Lipinski definition) is 1. The second kappa shape index (κ2) is 8.39. The first-order valence-corrected chi connectivity index (χ1v) is 9.93. The molecule has 0 amide bonds. The Kier molecular flexibility index (Phi) is 5.51. The van der Waals surface area contributed by atoms with Crippen molar-refractivity contribution in [1.82, 2.24) is 9.97 Å². The number of piperazine rings is 1. The molecule has 1 N–H and O–H groups in total. The van der Waals surface area contributed by atoms with Crippen LogP contribution in [0.5, 0.6) is 5.75 Å². The van der Waals surface area contributed by atoms with Gasteiger partial charge in [0.1, 0.15) is 11.6 Å². The summed E-state index contributed by atoms with van der Waals surface area (Å²) in [6.07, 6.45) is 1.82. The smallest absolute Gasteiger partial charge is 0.229 e. The molecular weight excluding hydrogens is 362 g/mol. The van der Waals surface area contributed by atoms with Gasteiger partial charge in [0.15, 0.2) is 0 Å². The van der Waals surface area contributed by atoms with E-state index in [1.165, 1.54) is 16.8 Å². The predicted octanol–water partition coefficient (Wildman–Crippen LogP) is 4.17. The van der Waals surface area contributed by atoms with E-state index < -0.39 is 0 Å². The molecule has 1 saturated heterocycles. The topological polar surface area (TPSA) is 53.5 Å². The van der Waals surface area contributed by atoms with Gasteiger partial charge in [-0.2, -0.15) is 4.98 Å². The fraction of sp³-hybridized carbons (Fsp3) is 0.304. The van der Waals surface area contributed by atoms with Crippen LogP contribution in [-0.2, 0) is 0 Å². The first-order valence-electron chi connectivity index (χ1n) is 9.93. The normalized spacial score (nSPS) is 14.0. The SMILES string of the molecule is COc1ccc(N2CCN(c3ccnc(Nc4ccc(C)c(C)c4)n3)CC2)cc1. The second-order valence-corrected chi connectivity index (χ2v) is 7.33. The van der Waals surface area contributed by atoms with E-state index in [1.807, 2.05) is 24.4 Å². The molecule has 29 heavy (non-hydrogen) atoms. The molecule has 0 saturated carbocycles. The largest absolute Gasteiger partial charge is 0.497 e. The fourth-order valence-electron chi connectivity index (χ4n) is 3.52. The van der Waals surface area contributed by atoms with E-state index in [-0.39, 0.29) is 0 Å². The molecule has 0 bridgehead atoms. The van der Waals surface area contributed by atoms with Crippen LogP contribution in [0.3, 0.4) is 0 Å². The molecule has 150 valence electrons. The molecule has 3 aromatic rings. The van der Waals surface area contributed by atoms with Crippen LogP contribution < -0.4 is 19.9 Å². The average Bonchev–Trinajstić information content (AvgIpc) is 2.77. The van der Waals surface area contributed by atoms with Crippen molar-refractivity contribution in [2.75, 3.05) is 48.4 Å². The Morgan fingerprint density at radius 1 is 0.862 bits per heavy atom. The maximum absolute atomic E-state index is 5.25. The monoisotopic (exact) mass is 389 g/mol. The number of rotatable bonds is 5. The summed E-state index contributed by atoms with van der Waals surface area (Å²) in [6, 6.07) is 16.5. The van der Waals surface area contributed by atoms with E-state index in [9.17, 15) is 0 Å². The average molecular weight is 390 g/mol. The number of methoxy groups -OCH3 is 1. The van der Waals surface area contributed by atoms with Gasteiger partial charge in [-0.3, -0.25) is 0 Å². The molecule has 4 rings (SSSR count). The Hall–Kier alpha value is -3.28. The van der Waals surface area contributed by atoms with Crippen LogP contribution in [0, 0.1) is 13.8 Å². The Balaban J connectivity index is 1.40. The third-order valence-electron chi connectivity index (χ3n) is 5.45. The van der Waals surface area contributed by atoms with Gasteiger partial charge in [0.2, 0.25) is 5.95 Å². The summed E-state index contributed by atoms with van der Waals surface area (Å²) in [5.74, 6) is 2.47. The van der Waals surface area contributed by atoms with Gasteiger partial charge in [-0.15, -0.1) is 0 Å². The number of aryl methyl sites for hydroxylation is 2. The standard InChI is InChI=1S/C23H27N5O/c1-17-4-5-19(16-18(17)2)25-23-24-11-10-22(26-23)28-14-12-27(13-15-28)20-6-8-21(29-3)9-7-20/h4-11,16H,12-15H2,1-3H3,(H,24,25,26). The summed E-state index contributed by atoms with van der Waals surface area (Å²) in [7, 11) is 1.69. The van der Waals surface area contributed by atoms with Crippen molar-refractivity contribution in [2.45, 2.75) is 13.8 Å². The molecule has 0 unspecified atom stereocenters. The number of ether oxygens (including phenoxy) is 1. The first kappa shape index (κ1) is 19.1. The molecule has 2 aromatic carbocycles. The summed E-state index contributed by atoms with van der Waals surface area (Å²) in [5, 5.41) is 3.33. The number of aromatic nitrogens is 2. The lowest BCUT2D eigenvalue weighted by Crippen LogP contribution is -2.46. The number of nitrogens with one attached hydrogen (secondary N) is 1. The van der Waals surface area contributed by atoms with Crippen molar-refractivity contribution in [1.29, 1.82) is 0 Å². The summed E-state index contributed by atoms with van der Waals surface area (Å²) in [5.41, 5.74) is 4.76. The van der Waals surface area contributed by atoms with Crippen molar-refractivity contribution in [2.24, 2.45) is 0 Å². The summed E-state index contributed by atoms with van der Waals surface area (Å²) in [4.78, 5) is 13.8. The molecule has 0 aliphatic carbocycles. The molecule has 1 fully saturated rings. The van der Waals surface area contributed by atoms with Crippen molar-refractivity contribution in [3.63, 3.8) is 0 Å². The highest BCUT2D eigenvalue weighted by atomic mass is 16.5. The minimum absolute atomic E-state index is 0.628. The van der Waals surface area contributed by atoms with Crippen molar-refractivity contribution < 1.29 is 4.74 Å². The van der Waals surface area contributed by atoms with E-state index >= 15 is 0 Å². The molecule has 1 aromatic heterocycles. The van der Waals surface area contributed by atoms with Gasteiger partial charge in [0.25, 0.3) is 0 Å². The zero-order valence-electron chi connectivity index (χ0n) is 17.2. The summed E-state index contributed by atoms with van der Waals surface area (Å²) in [6.45, 7) is 7.98. The van der Waals surface area contributed by atoms with Gasteiger partial charge in [-0.25, -0.2) is 4.98 Å². The summed E-state index contributed by atoms with van der Waals surface area (Å²) < 4.78 is 5.25. The maximum atomic E-state index is 5.25. The third-order valence-corrected chi connectivity index (χ3v) is 5.45. The number of hydrogen-bond acceptors (Lipinski definition) is 6. The molecule has 1 aliphatic rings. The van der Waals surface area contributed by atoms with Crippen LogP contribution in [0.2, 0.25) is 0 Å². The van der Waals surface area contributed by atoms with Gasteiger partial charge < -0.3 is 19.9 Å². The van der Waals surface area contributed by atoms with Gasteiger partial charge in [0.05, 0.1) is 7.11 Å². The van der Waals surface area contributed by atoms with Gasteiger partial charge >= 0.3 is 0 Å². The van der Waals surface area contributed by atoms with Crippen LogP contribution in [0.25, 0.3) is 0 Å². The van der Waals surface area contributed by atoms with E-state index in [2.05, 4.69) is 64.3 Å². The zero-order chi connectivity index (χ0) is 20.2. The lowest BCUT2D eigenvalue weighted by molar-refractivity contribution is 0.415. The van der Waals surface area contributed by atoms with Gasteiger partial charge in [0, 0.05) is 43.8 Å². The zero-order valence-corrected chi connectivity index (χ0v) is 17.2. The Morgan fingerprint density at radius 3 is 2.28 bits per heavy atom. The van der Waals surface area contributed by atoms with Crippen LogP contribution in [0.4, 0.5) is 23.1 Å². The van der Waals surface area contributed by atoms with Crippen molar-refractivity contribution in [3.05, 3.63) is 65.9 Å². The highest BCUT2D eigenvalue weighted by molar-refractivity contribution is 5.57. The minimum atomic E-state index is 0.628. The van der Waals surface area contributed by atoms with Crippen LogP contribution >= 0.6 is 0 Å². The molecule has 6 heteroatoms. The number of nitrogens with zero attached hydrogens (tertiary/aromatic N) is 4. The lowest BCUT2D eigenvalue weighted by Gasteiger charge is -2.36. The van der Waals surface area contributed by atoms with Crippen LogP contribution in [0.15, 0.2) is 54.7 Å².